The van der Waals surface area contributed by atoms with Gasteiger partial charge in [0.2, 0.25) is 5.91 Å². The highest BCUT2D eigenvalue weighted by atomic mass is 35.5. The van der Waals surface area contributed by atoms with Crippen molar-refractivity contribution in [1.29, 1.82) is 0 Å². The van der Waals surface area contributed by atoms with Gasteiger partial charge in [-0.15, -0.1) is 0 Å². The molecule has 2 aliphatic rings. The predicted octanol–water partition coefficient (Wildman–Crippen LogP) is 3.16. The number of hydrogen-bond acceptors (Lipinski definition) is 4. The van der Waals surface area contributed by atoms with E-state index in [2.05, 4.69) is 0 Å². The van der Waals surface area contributed by atoms with Gasteiger partial charge < -0.3 is 14.5 Å². The van der Waals surface area contributed by atoms with Gasteiger partial charge in [0.25, 0.3) is 5.91 Å². The van der Waals surface area contributed by atoms with Gasteiger partial charge in [0, 0.05) is 32.7 Å². The Hall–Kier alpha value is -2.35. The summed E-state index contributed by atoms with van der Waals surface area (Å²) in [5, 5.41) is 0.0671. The van der Waals surface area contributed by atoms with Crippen LogP contribution in [0.15, 0.2) is 18.2 Å². The molecule has 1 aromatic carbocycles. The van der Waals surface area contributed by atoms with Gasteiger partial charge in [0.05, 0.1) is 10.6 Å². The number of benzene rings is 1. The third-order valence-electron chi connectivity index (χ3n) is 5.21. The molecule has 30 heavy (non-hydrogen) atoms. The van der Waals surface area contributed by atoms with E-state index in [0.717, 1.165) is 12.5 Å². The maximum atomic E-state index is 13.2. The summed E-state index contributed by atoms with van der Waals surface area (Å²) in [4.78, 5) is 43.0. The Morgan fingerprint density at radius 2 is 1.70 bits per heavy atom. The lowest BCUT2D eigenvalue weighted by Gasteiger charge is -2.37. The maximum absolute atomic E-state index is 13.2. The number of ether oxygens (including phenoxy) is 1. The van der Waals surface area contributed by atoms with Crippen LogP contribution in [-0.2, 0) is 9.53 Å². The molecule has 1 unspecified atom stereocenters. The Morgan fingerprint density at radius 3 is 2.30 bits per heavy atom. The minimum Gasteiger partial charge on any atom is -0.444 e. The van der Waals surface area contributed by atoms with Gasteiger partial charge >= 0.3 is 6.09 Å². The van der Waals surface area contributed by atoms with Gasteiger partial charge in [0.15, 0.2) is 0 Å². The second-order valence-electron chi connectivity index (χ2n) is 8.57. The zero-order valence-electron chi connectivity index (χ0n) is 17.5. The molecule has 0 aromatic heterocycles. The van der Waals surface area contributed by atoms with E-state index in [4.69, 9.17) is 16.3 Å². The second-order valence-corrected chi connectivity index (χ2v) is 8.98. The number of nitrogens with zero attached hydrogens (tertiary/aromatic N) is 3. The lowest BCUT2D eigenvalue weighted by molar-refractivity contribution is -0.137. The molecule has 2 saturated heterocycles. The fourth-order valence-electron chi connectivity index (χ4n) is 3.74. The van der Waals surface area contributed by atoms with Crippen LogP contribution >= 0.6 is 11.6 Å². The largest absolute Gasteiger partial charge is 0.444 e. The van der Waals surface area contributed by atoms with Crippen molar-refractivity contribution in [3.63, 3.8) is 0 Å². The number of hydrogen-bond donors (Lipinski definition) is 0. The normalized spacial score (nSPS) is 19.8. The maximum Gasteiger partial charge on any atom is 0.410 e. The zero-order chi connectivity index (χ0) is 22.1. The van der Waals surface area contributed by atoms with Crippen molar-refractivity contribution in [2.45, 2.75) is 45.3 Å². The molecule has 164 valence electrons. The Morgan fingerprint density at radius 1 is 1.07 bits per heavy atom. The standard InChI is InChI=1S/C21H27ClFN3O4/c1-21(2,3)30-20(29)26-8-4-5-17(26)19(28)25-11-9-24(10-12-25)18(27)15-7-6-14(23)13-16(15)22/h6-7,13,17H,4-5,8-12H2,1-3H3. The lowest BCUT2D eigenvalue weighted by atomic mass is 10.1. The molecule has 3 rings (SSSR count). The smallest absolute Gasteiger partial charge is 0.410 e. The van der Waals surface area contributed by atoms with Crippen molar-refractivity contribution in [3.8, 4) is 0 Å². The van der Waals surface area contributed by atoms with E-state index >= 15 is 0 Å². The molecule has 0 bridgehead atoms. The van der Waals surface area contributed by atoms with Crippen molar-refractivity contribution >= 4 is 29.5 Å². The average molecular weight is 440 g/mol. The molecule has 0 radical (unpaired) electrons. The molecule has 2 heterocycles. The summed E-state index contributed by atoms with van der Waals surface area (Å²) < 4.78 is 18.7. The van der Waals surface area contributed by atoms with E-state index in [1.54, 1.807) is 30.6 Å². The van der Waals surface area contributed by atoms with Crippen LogP contribution in [0.1, 0.15) is 44.0 Å². The second kappa shape index (κ2) is 8.79. The number of piperazine rings is 1. The van der Waals surface area contributed by atoms with Gasteiger partial charge in [-0.2, -0.15) is 0 Å². The summed E-state index contributed by atoms with van der Waals surface area (Å²) in [7, 11) is 0. The molecule has 0 N–H and O–H groups in total. The minimum absolute atomic E-state index is 0.0671. The predicted molar refractivity (Wildman–Crippen MR) is 110 cm³/mol. The number of carbonyl (C=O) groups is 3. The van der Waals surface area contributed by atoms with E-state index in [1.807, 2.05) is 0 Å². The third kappa shape index (κ3) is 5.03. The highest BCUT2D eigenvalue weighted by Gasteiger charge is 2.39. The first-order valence-corrected chi connectivity index (χ1v) is 10.5. The quantitative estimate of drug-likeness (QED) is 0.709. The molecule has 3 amide bonds. The van der Waals surface area contributed by atoms with Crippen LogP contribution in [0.25, 0.3) is 0 Å². The van der Waals surface area contributed by atoms with Gasteiger partial charge in [-0.1, -0.05) is 11.6 Å². The fourth-order valence-corrected chi connectivity index (χ4v) is 3.98. The molecule has 9 heteroatoms. The zero-order valence-corrected chi connectivity index (χ0v) is 18.2. The molecule has 0 saturated carbocycles. The average Bonchev–Trinajstić information content (AvgIpc) is 3.16. The van der Waals surface area contributed by atoms with Crippen LogP contribution in [0, 0.1) is 5.82 Å². The van der Waals surface area contributed by atoms with Crippen LogP contribution in [-0.4, -0.2) is 77.0 Å². The molecule has 2 aliphatic heterocycles. The molecular weight excluding hydrogens is 413 g/mol. The SMILES string of the molecule is CC(C)(C)OC(=O)N1CCCC1C(=O)N1CCN(C(=O)c2ccc(F)cc2Cl)CC1. The van der Waals surface area contributed by atoms with Crippen molar-refractivity contribution in [3.05, 3.63) is 34.6 Å². The first-order chi connectivity index (χ1) is 14.1. The summed E-state index contributed by atoms with van der Waals surface area (Å²) in [5.41, 5.74) is -0.384. The number of likely N-dealkylation sites (tertiary alicyclic amines) is 1. The molecule has 1 aromatic rings. The summed E-state index contributed by atoms with van der Waals surface area (Å²) in [6, 6.07) is 3.15. The van der Waals surface area contributed by atoms with E-state index in [-0.39, 0.29) is 22.4 Å². The summed E-state index contributed by atoms with van der Waals surface area (Å²) >= 11 is 6.00. The Labute approximate surface area is 180 Å². The summed E-state index contributed by atoms with van der Waals surface area (Å²) in [6.07, 6.45) is 0.873. The van der Waals surface area contributed by atoms with Crippen molar-refractivity contribution < 1.29 is 23.5 Å². The highest BCUT2D eigenvalue weighted by Crippen LogP contribution is 2.24. The first-order valence-electron chi connectivity index (χ1n) is 10.1. The van der Waals surface area contributed by atoms with Crippen LogP contribution in [0.3, 0.4) is 0 Å². The Bertz CT molecular complexity index is 834. The van der Waals surface area contributed by atoms with E-state index < -0.39 is 23.6 Å². The van der Waals surface area contributed by atoms with Crippen LogP contribution < -0.4 is 0 Å². The first kappa shape index (κ1) is 22.3. The molecular formula is C21H27ClFN3O4. The van der Waals surface area contributed by atoms with E-state index in [1.165, 1.54) is 17.0 Å². The molecule has 1 atom stereocenters. The Balaban J connectivity index is 1.59. The number of halogens is 2. The van der Waals surface area contributed by atoms with E-state index in [0.29, 0.717) is 39.1 Å². The van der Waals surface area contributed by atoms with Gasteiger partial charge in [-0.3, -0.25) is 14.5 Å². The van der Waals surface area contributed by atoms with Gasteiger partial charge in [0.1, 0.15) is 17.5 Å². The summed E-state index contributed by atoms with van der Waals surface area (Å²) in [6.45, 7) is 7.29. The number of rotatable bonds is 2. The van der Waals surface area contributed by atoms with Gasteiger partial charge in [-0.25, -0.2) is 9.18 Å². The van der Waals surface area contributed by atoms with E-state index in [9.17, 15) is 18.8 Å². The number of carbonyl (C=O) groups excluding carboxylic acids is 3. The molecule has 7 nitrogen and oxygen atoms in total. The van der Waals surface area contributed by atoms with Gasteiger partial charge in [-0.05, 0) is 51.8 Å². The molecule has 2 fully saturated rings. The Kier molecular flexibility index (Phi) is 6.55. The molecule has 0 aliphatic carbocycles. The number of amides is 3. The summed E-state index contributed by atoms with van der Waals surface area (Å²) in [5.74, 6) is -0.910. The van der Waals surface area contributed by atoms with Crippen LogP contribution in [0.4, 0.5) is 9.18 Å². The lowest BCUT2D eigenvalue weighted by Crippen LogP contribution is -2.55. The highest BCUT2D eigenvalue weighted by molar-refractivity contribution is 6.33. The molecule has 0 spiro atoms. The third-order valence-corrected chi connectivity index (χ3v) is 5.52. The monoisotopic (exact) mass is 439 g/mol. The van der Waals surface area contributed by atoms with Crippen molar-refractivity contribution in [2.24, 2.45) is 0 Å². The van der Waals surface area contributed by atoms with Crippen molar-refractivity contribution in [2.75, 3.05) is 32.7 Å². The van der Waals surface area contributed by atoms with Crippen molar-refractivity contribution in [1.82, 2.24) is 14.7 Å². The van der Waals surface area contributed by atoms with Crippen LogP contribution in [0.5, 0.6) is 0 Å². The fraction of sp³-hybridized carbons (Fsp3) is 0.571. The topological polar surface area (TPSA) is 70.2 Å². The minimum atomic E-state index is -0.624. The van der Waals surface area contributed by atoms with Crippen LogP contribution in [0.2, 0.25) is 5.02 Å².